The summed E-state index contributed by atoms with van der Waals surface area (Å²) in [7, 11) is 0. The van der Waals surface area contributed by atoms with Gasteiger partial charge in [0, 0.05) is 6.54 Å². The van der Waals surface area contributed by atoms with Crippen LogP contribution in [0.25, 0.3) is 0 Å². The van der Waals surface area contributed by atoms with Gasteiger partial charge in [0.25, 0.3) is 0 Å². The van der Waals surface area contributed by atoms with Gasteiger partial charge in [-0.15, -0.1) is 0 Å². The molecule has 0 radical (unpaired) electrons. The molecule has 0 saturated carbocycles. The lowest BCUT2D eigenvalue weighted by Crippen LogP contribution is -2.10. The molecule has 202 valence electrons. The second kappa shape index (κ2) is 16.5. The van der Waals surface area contributed by atoms with Crippen LogP contribution in [0.4, 0.5) is 36.2 Å². The predicted octanol–water partition coefficient (Wildman–Crippen LogP) is 9.37. The summed E-state index contributed by atoms with van der Waals surface area (Å²) in [6.45, 7) is 2.97. The maximum Gasteiger partial charge on any atom is 0.416 e. The van der Waals surface area contributed by atoms with Crippen molar-refractivity contribution in [3.05, 3.63) is 35.1 Å². The molecule has 1 aromatic carbocycles. The molecule has 0 amide bonds. The van der Waals surface area contributed by atoms with E-state index in [9.17, 15) is 13.2 Å². The predicted molar refractivity (Wildman–Crippen MR) is 145 cm³/mol. The third-order valence-electron chi connectivity index (χ3n) is 6.25. The fraction of sp³-hybridized carbons (Fsp3) is 0.630. The van der Waals surface area contributed by atoms with Gasteiger partial charge in [-0.05, 0) is 24.6 Å². The van der Waals surface area contributed by atoms with E-state index in [-0.39, 0.29) is 22.2 Å². The number of hydrogen-bond donors (Lipinski definition) is 3. The number of unbranched alkanes of at least 4 members (excludes halogenated alkanes) is 13. The van der Waals surface area contributed by atoms with Gasteiger partial charge in [0.15, 0.2) is 11.6 Å². The highest BCUT2D eigenvalue weighted by Crippen LogP contribution is 2.36. The number of nitrogen functional groups attached to an aromatic ring is 1. The van der Waals surface area contributed by atoms with E-state index in [0.717, 1.165) is 25.0 Å². The number of nitrogens with zero attached hydrogens (tertiary/aromatic N) is 2. The van der Waals surface area contributed by atoms with Crippen LogP contribution in [0.5, 0.6) is 0 Å². The number of nitrogens with one attached hydrogen (secondary N) is 2. The second-order valence-corrected chi connectivity index (χ2v) is 9.73. The fourth-order valence-corrected chi connectivity index (χ4v) is 4.25. The molecule has 0 aliphatic heterocycles. The number of nitrogens with two attached hydrogens (primary N) is 1. The van der Waals surface area contributed by atoms with Crippen LogP contribution < -0.4 is 16.4 Å². The normalized spacial score (nSPS) is 11.6. The Balaban J connectivity index is 1.63. The zero-order chi connectivity index (χ0) is 26.2. The molecule has 0 saturated heterocycles. The van der Waals surface area contributed by atoms with Crippen molar-refractivity contribution in [1.29, 1.82) is 0 Å². The molecule has 0 bridgehead atoms. The Morgan fingerprint density at radius 3 is 1.89 bits per heavy atom. The molecule has 0 aliphatic rings. The summed E-state index contributed by atoms with van der Waals surface area (Å²) in [5, 5.41) is 6.14. The van der Waals surface area contributed by atoms with Crippen molar-refractivity contribution < 1.29 is 13.2 Å². The number of benzene rings is 1. The quantitative estimate of drug-likeness (QED) is 0.168. The molecule has 0 fully saturated rings. The molecule has 0 aliphatic carbocycles. The zero-order valence-electron chi connectivity index (χ0n) is 21.4. The minimum atomic E-state index is -4.47. The Morgan fingerprint density at radius 2 is 1.33 bits per heavy atom. The lowest BCUT2D eigenvalue weighted by Gasteiger charge is -2.15. The summed E-state index contributed by atoms with van der Waals surface area (Å²) in [4.78, 5) is 8.22. The van der Waals surface area contributed by atoms with E-state index in [1.807, 2.05) is 0 Å². The van der Waals surface area contributed by atoms with Crippen LogP contribution in [-0.2, 0) is 6.18 Å². The van der Waals surface area contributed by atoms with Crippen LogP contribution in [0.1, 0.15) is 102 Å². The van der Waals surface area contributed by atoms with E-state index < -0.39 is 11.7 Å². The first-order chi connectivity index (χ1) is 17.3. The van der Waals surface area contributed by atoms with Gasteiger partial charge in [-0.1, -0.05) is 102 Å². The van der Waals surface area contributed by atoms with Crippen LogP contribution in [-0.4, -0.2) is 16.5 Å². The van der Waals surface area contributed by atoms with Crippen molar-refractivity contribution in [2.45, 2.75) is 103 Å². The van der Waals surface area contributed by atoms with Gasteiger partial charge >= 0.3 is 6.18 Å². The SMILES string of the molecule is CCCCCCCCCCCCCCCCNc1ncnc(Nc2cc(C(F)(F)F)ccc2Cl)c1N. The second-order valence-electron chi connectivity index (χ2n) is 9.32. The van der Waals surface area contributed by atoms with Crippen molar-refractivity contribution >= 4 is 34.6 Å². The van der Waals surface area contributed by atoms with Gasteiger partial charge in [0.2, 0.25) is 0 Å². The summed E-state index contributed by atoms with van der Waals surface area (Å²) in [5.74, 6) is 0.653. The van der Waals surface area contributed by atoms with Crippen molar-refractivity contribution in [2.75, 3.05) is 22.9 Å². The maximum atomic E-state index is 13.0. The number of hydrogen-bond acceptors (Lipinski definition) is 5. The molecule has 4 N–H and O–H groups in total. The van der Waals surface area contributed by atoms with Crippen LogP contribution in [0.2, 0.25) is 5.02 Å². The van der Waals surface area contributed by atoms with Gasteiger partial charge in [0.1, 0.15) is 12.0 Å². The smallest absolute Gasteiger partial charge is 0.393 e. The van der Waals surface area contributed by atoms with Crippen LogP contribution in [0.15, 0.2) is 24.5 Å². The average molecular weight is 528 g/mol. The van der Waals surface area contributed by atoms with Gasteiger partial charge < -0.3 is 16.4 Å². The molecule has 2 rings (SSSR count). The van der Waals surface area contributed by atoms with E-state index in [4.69, 9.17) is 17.3 Å². The lowest BCUT2D eigenvalue weighted by molar-refractivity contribution is -0.137. The number of halogens is 4. The van der Waals surface area contributed by atoms with Gasteiger partial charge in [-0.3, -0.25) is 0 Å². The summed E-state index contributed by atoms with van der Waals surface area (Å²) >= 11 is 6.07. The van der Waals surface area contributed by atoms with Crippen molar-refractivity contribution in [1.82, 2.24) is 9.97 Å². The Hall–Kier alpha value is -2.22. The third-order valence-corrected chi connectivity index (χ3v) is 6.58. The third kappa shape index (κ3) is 11.2. The van der Waals surface area contributed by atoms with Crippen LogP contribution in [0.3, 0.4) is 0 Å². The molecule has 5 nitrogen and oxygen atoms in total. The number of rotatable bonds is 18. The minimum absolute atomic E-state index is 0.0785. The van der Waals surface area contributed by atoms with E-state index in [2.05, 4.69) is 27.5 Å². The lowest BCUT2D eigenvalue weighted by atomic mass is 10.0. The summed E-state index contributed by atoms with van der Waals surface area (Å²) in [6, 6.07) is 3.06. The first-order valence-corrected chi connectivity index (χ1v) is 13.7. The topological polar surface area (TPSA) is 75.9 Å². The highest BCUT2D eigenvalue weighted by atomic mass is 35.5. The number of aromatic nitrogens is 2. The van der Waals surface area contributed by atoms with Gasteiger partial charge in [-0.2, -0.15) is 13.2 Å². The first kappa shape index (κ1) is 30.0. The Kier molecular flexibility index (Phi) is 13.8. The van der Waals surface area contributed by atoms with E-state index in [1.54, 1.807) is 0 Å². The summed E-state index contributed by atoms with van der Waals surface area (Å²) < 4.78 is 39.1. The molecule has 2 aromatic rings. The van der Waals surface area contributed by atoms with Crippen molar-refractivity contribution in [2.24, 2.45) is 0 Å². The van der Waals surface area contributed by atoms with Gasteiger partial charge in [0.05, 0.1) is 16.3 Å². The minimum Gasteiger partial charge on any atom is -0.393 e. The first-order valence-electron chi connectivity index (χ1n) is 13.3. The Labute approximate surface area is 218 Å². The van der Waals surface area contributed by atoms with E-state index in [1.165, 1.54) is 89.4 Å². The summed E-state index contributed by atoms with van der Waals surface area (Å²) in [6.07, 6.45) is 15.0. The molecule has 0 atom stereocenters. The van der Waals surface area contributed by atoms with Crippen molar-refractivity contribution in [3.8, 4) is 0 Å². The monoisotopic (exact) mass is 527 g/mol. The molecule has 9 heteroatoms. The van der Waals surface area contributed by atoms with Gasteiger partial charge in [-0.25, -0.2) is 9.97 Å². The van der Waals surface area contributed by atoms with Crippen molar-refractivity contribution in [3.63, 3.8) is 0 Å². The molecule has 36 heavy (non-hydrogen) atoms. The van der Waals surface area contributed by atoms with Crippen LogP contribution >= 0.6 is 11.6 Å². The van der Waals surface area contributed by atoms with E-state index >= 15 is 0 Å². The Morgan fingerprint density at radius 1 is 0.806 bits per heavy atom. The number of anilines is 4. The number of alkyl halides is 3. The van der Waals surface area contributed by atoms with E-state index in [0.29, 0.717) is 12.4 Å². The standard InChI is InChI=1S/C27H41ClF3N5/c1-2-3-4-5-6-7-8-9-10-11-12-13-14-15-18-33-25-24(32)26(35-20-34-25)36-23-19-21(27(29,30)31)16-17-22(23)28/h16-17,19-20H,2-15,18,32H2,1H3,(H2,33,34,35,36). The Bertz CT molecular complexity index is 892. The molecule has 0 spiro atoms. The zero-order valence-corrected chi connectivity index (χ0v) is 22.2. The maximum absolute atomic E-state index is 13.0. The fourth-order valence-electron chi connectivity index (χ4n) is 4.09. The molecule has 1 aromatic heterocycles. The molecular formula is C27H41ClF3N5. The molecule has 0 unspecified atom stereocenters. The average Bonchev–Trinajstić information content (AvgIpc) is 2.84. The largest absolute Gasteiger partial charge is 0.416 e. The highest BCUT2D eigenvalue weighted by Gasteiger charge is 2.31. The summed E-state index contributed by atoms with van der Waals surface area (Å²) in [5.41, 5.74) is 5.65. The van der Waals surface area contributed by atoms with Crippen LogP contribution in [0, 0.1) is 0 Å². The molecular weight excluding hydrogens is 487 g/mol. The molecule has 1 heterocycles. The highest BCUT2D eigenvalue weighted by molar-refractivity contribution is 6.33.